The fraction of sp³-hybridized carbons (Fsp3) is 0.867. The highest BCUT2D eigenvalue weighted by Crippen LogP contribution is 2.27. The number of carboxylic acid groups (broad SMARTS) is 1. The highest BCUT2D eigenvalue weighted by molar-refractivity contribution is 5.83. The second kappa shape index (κ2) is 7.11. The second-order valence-electron chi connectivity index (χ2n) is 6.19. The number of amides is 2. The van der Waals surface area contributed by atoms with Crippen molar-refractivity contribution in [3.8, 4) is 0 Å². The van der Waals surface area contributed by atoms with Crippen molar-refractivity contribution >= 4 is 12.0 Å². The molecular weight excluding hydrogens is 272 g/mol. The maximum Gasteiger partial charge on any atom is 0.326 e. The molecule has 2 aliphatic rings. The summed E-state index contributed by atoms with van der Waals surface area (Å²) in [5.41, 5.74) is 0. The number of rotatable bonds is 4. The highest BCUT2D eigenvalue weighted by atomic mass is 16.5. The number of nitrogens with zero attached hydrogens (tertiary/aromatic N) is 1. The first kappa shape index (κ1) is 16.1. The number of ether oxygens (including phenoxy) is 1. The Morgan fingerprint density at radius 1 is 1.33 bits per heavy atom. The molecule has 2 amide bonds. The molecule has 2 N–H and O–H groups in total. The summed E-state index contributed by atoms with van der Waals surface area (Å²) < 4.78 is 5.21. The van der Waals surface area contributed by atoms with Crippen LogP contribution in [0.3, 0.4) is 0 Å². The van der Waals surface area contributed by atoms with Gasteiger partial charge < -0.3 is 20.1 Å². The van der Waals surface area contributed by atoms with Crippen LogP contribution in [0.25, 0.3) is 0 Å². The molecule has 4 atom stereocenters. The smallest absolute Gasteiger partial charge is 0.326 e. The normalized spacial score (nSPS) is 33.0. The minimum atomic E-state index is -0.959. The standard InChI is InChI=1S/C15H26N2O4/c1-3-10-5-4-6-11(7-10)16-15(20)17-9-12(21-2)8-13(17)14(18)19/h10-13H,3-9H2,1-2H3,(H,16,20)(H,18,19). The van der Waals surface area contributed by atoms with E-state index in [1.165, 1.54) is 11.3 Å². The molecule has 0 spiro atoms. The van der Waals surface area contributed by atoms with Crippen molar-refractivity contribution in [2.45, 2.75) is 63.6 Å². The predicted octanol–water partition coefficient (Wildman–Crippen LogP) is 1.84. The molecule has 1 aliphatic carbocycles. The van der Waals surface area contributed by atoms with E-state index in [4.69, 9.17) is 4.74 Å². The zero-order valence-electron chi connectivity index (χ0n) is 12.9. The van der Waals surface area contributed by atoms with Crippen LogP contribution in [0.1, 0.15) is 45.4 Å². The number of nitrogens with one attached hydrogen (secondary N) is 1. The van der Waals surface area contributed by atoms with Crippen LogP contribution in [0.4, 0.5) is 4.79 Å². The third kappa shape index (κ3) is 3.87. The van der Waals surface area contributed by atoms with Crippen molar-refractivity contribution in [3.63, 3.8) is 0 Å². The van der Waals surface area contributed by atoms with Crippen LogP contribution in [0.5, 0.6) is 0 Å². The zero-order chi connectivity index (χ0) is 15.4. The molecule has 0 aromatic carbocycles. The minimum Gasteiger partial charge on any atom is -0.480 e. The van der Waals surface area contributed by atoms with Gasteiger partial charge in [-0.3, -0.25) is 0 Å². The van der Waals surface area contributed by atoms with E-state index in [1.54, 1.807) is 7.11 Å². The lowest BCUT2D eigenvalue weighted by molar-refractivity contribution is -0.141. The van der Waals surface area contributed by atoms with Crippen molar-refractivity contribution in [2.24, 2.45) is 5.92 Å². The fourth-order valence-electron chi connectivity index (χ4n) is 3.48. The first-order valence-corrected chi connectivity index (χ1v) is 7.87. The maximum atomic E-state index is 12.4. The molecule has 0 aromatic rings. The maximum absolute atomic E-state index is 12.4. The third-order valence-electron chi connectivity index (χ3n) is 4.83. The fourth-order valence-corrected chi connectivity index (χ4v) is 3.48. The summed E-state index contributed by atoms with van der Waals surface area (Å²) in [6, 6.07) is -0.864. The van der Waals surface area contributed by atoms with Crippen molar-refractivity contribution < 1.29 is 19.4 Å². The predicted molar refractivity (Wildman–Crippen MR) is 78.1 cm³/mol. The van der Waals surface area contributed by atoms with E-state index >= 15 is 0 Å². The van der Waals surface area contributed by atoms with Crippen LogP contribution in [0.2, 0.25) is 0 Å². The Hall–Kier alpha value is -1.30. The Morgan fingerprint density at radius 2 is 2.10 bits per heavy atom. The molecule has 6 heteroatoms. The zero-order valence-corrected chi connectivity index (χ0v) is 12.9. The number of carboxylic acids is 1. The van der Waals surface area contributed by atoms with Gasteiger partial charge in [0.25, 0.3) is 0 Å². The average Bonchev–Trinajstić information content (AvgIpc) is 2.92. The molecule has 1 aliphatic heterocycles. The van der Waals surface area contributed by atoms with E-state index in [1.807, 2.05) is 0 Å². The summed E-state index contributed by atoms with van der Waals surface area (Å²) in [4.78, 5) is 25.1. The number of hydrogen-bond acceptors (Lipinski definition) is 3. The van der Waals surface area contributed by atoms with E-state index in [9.17, 15) is 14.7 Å². The van der Waals surface area contributed by atoms with Gasteiger partial charge in [-0.15, -0.1) is 0 Å². The number of carbonyl (C=O) groups excluding carboxylic acids is 1. The first-order chi connectivity index (χ1) is 10.0. The largest absolute Gasteiger partial charge is 0.480 e. The van der Waals surface area contributed by atoms with Crippen LogP contribution in [0.15, 0.2) is 0 Å². The van der Waals surface area contributed by atoms with Gasteiger partial charge in [0, 0.05) is 26.1 Å². The van der Waals surface area contributed by atoms with Gasteiger partial charge in [-0.25, -0.2) is 9.59 Å². The van der Waals surface area contributed by atoms with Gasteiger partial charge in [-0.2, -0.15) is 0 Å². The van der Waals surface area contributed by atoms with Crippen molar-refractivity contribution in [2.75, 3.05) is 13.7 Å². The van der Waals surface area contributed by atoms with Crippen LogP contribution >= 0.6 is 0 Å². The van der Waals surface area contributed by atoms with Crippen molar-refractivity contribution in [1.29, 1.82) is 0 Å². The quantitative estimate of drug-likeness (QED) is 0.830. The lowest BCUT2D eigenvalue weighted by Crippen LogP contribution is -2.50. The Morgan fingerprint density at radius 3 is 2.71 bits per heavy atom. The molecule has 0 bridgehead atoms. The van der Waals surface area contributed by atoms with Gasteiger partial charge in [-0.1, -0.05) is 26.2 Å². The molecule has 2 fully saturated rings. The molecule has 120 valence electrons. The Labute approximate surface area is 125 Å². The highest BCUT2D eigenvalue weighted by Gasteiger charge is 2.40. The van der Waals surface area contributed by atoms with Gasteiger partial charge >= 0.3 is 12.0 Å². The van der Waals surface area contributed by atoms with E-state index in [0.29, 0.717) is 18.9 Å². The molecule has 4 unspecified atom stereocenters. The molecule has 0 radical (unpaired) electrons. The van der Waals surface area contributed by atoms with E-state index in [0.717, 1.165) is 25.7 Å². The number of urea groups is 1. The van der Waals surface area contributed by atoms with Crippen LogP contribution in [-0.2, 0) is 9.53 Å². The van der Waals surface area contributed by atoms with Crippen LogP contribution < -0.4 is 5.32 Å². The Balaban J connectivity index is 1.93. The van der Waals surface area contributed by atoms with E-state index < -0.39 is 12.0 Å². The Kier molecular flexibility index (Phi) is 5.45. The van der Waals surface area contributed by atoms with Gasteiger partial charge in [0.15, 0.2) is 0 Å². The van der Waals surface area contributed by atoms with Crippen molar-refractivity contribution in [3.05, 3.63) is 0 Å². The lowest BCUT2D eigenvalue weighted by atomic mass is 9.84. The molecule has 2 rings (SSSR count). The topological polar surface area (TPSA) is 78.9 Å². The van der Waals surface area contributed by atoms with Gasteiger partial charge in [0.1, 0.15) is 6.04 Å². The summed E-state index contributed by atoms with van der Waals surface area (Å²) in [5, 5.41) is 12.3. The van der Waals surface area contributed by atoms with Crippen molar-refractivity contribution in [1.82, 2.24) is 10.2 Å². The number of hydrogen-bond donors (Lipinski definition) is 2. The molecule has 1 heterocycles. The molecule has 0 aromatic heterocycles. The number of likely N-dealkylation sites (tertiary alicyclic amines) is 1. The molecule has 6 nitrogen and oxygen atoms in total. The number of methoxy groups -OCH3 is 1. The average molecular weight is 298 g/mol. The summed E-state index contributed by atoms with van der Waals surface area (Å²) in [6.07, 6.45) is 5.67. The molecule has 1 saturated carbocycles. The summed E-state index contributed by atoms with van der Waals surface area (Å²) in [6.45, 7) is 2.53. The van der Waals surface area contributed by atoms with Crippen LogP contribution in [-0.4, -0.2) is 53.8 Å². The van der Waals surface area contributed by atoms with Gasteiger partial charge in [0.05, 0.1) is 6.10 Å². The van der Waals surface area contributed by atoms with E-state index in [2.05, 4.69) is 12.2 Å². The van der Waals surface area contributed by atoms with Crippen LogP contribution in [0, 0.1) is 5.92 Å². The SMILES string of the molecule is CCC1CCCC(NC(=O)N2CC(OC)CC2C(=O)O)C1. The number of carbonyl (C=O) groups is 2. The first-order valence-electron chi connectivity index (χ1n) is 7.87. The monoisotopic (exact) mass is 298 g/mol. The summed E-state index contributed by atoms with van der Waals surface area (Å²) >= 11 is 0. The second-order valence-corrected chi connectivity index (χ2v) is 6.19. The van der Waals surface area contributed by atoms with Gasteiger partial charge in [0.2, 0.25) is 0 Å². The number of aliphatic carboxylic acids is 1. The third-order valence-corrected chi connectivity index (χ3v) is 4.83. The molecule has 21 heavy (non-hydrogen) atoms. The van der Waals surface area contributed by atoms with Gasteiger partial charge in [-0.05, 0) is 18.8 Å². The Bertz CT molecular complexity index is 388. The molecule has 1 saturated heterocycles. The lowest BCUT2D eigenvalue weighted by Gasteiger charge is -2.31. The molecular formula is C15H26N2O4. The minimum absolute atomic E-state index is 0.173. The summed E-state index contributed by atoms with van der Waals surface area (Å²) in [7, 11) is 1.55. The van der Waals surface area contributed by atoms with E-state index in [-0.39, 0.29) is 18.2 Å². The summed E-state index contributed by atoms with van der Waals surface area (Å²) in [5.74, 6) is -0.288.